The first-order valence-corrected chi connectivity index (χ1v) is 17.2. The van der Waals surface area contributed by atoms with E-state index in [1.807, 2.05) is 24.3 Å². The number of nitrogens with zero attached hydrogens (tertiary/aromatic N) is 4. The van der Waals surface area contributed by atoms with E-state index in [2.05, 4.69) is 156 Å². The molecule has 2 heterocycles. The van der Waals surface area contributed by atoms with Gasteiger partial charge in [-0.2, -0.15) is 10.5 Å². The van der Waals surface area contributed by atoms with Gasteiger partial charge >= 0.3 is 0 Å². The molecule has 10 rings (SSSR count). The molecule has 9 aromatic rings. The molecule has 238 valence electrons. The van der Waals surface area contributed by atoms with Gasteiger partial charge in [0.1, 0.15) is 0 Å². The first kappa shape index (κ1) is 29.1. The average Bonchev–Trinajstić information content (AvgIpc) is 3.76. The van der Waals surface area contributed by atoms with E-state index in [0.29, 0.717) is 11.1 Å². The quantitative estimate of drug-likeness (QED) is 0.191. The summed E-state index contributed by atoms with van der Waals surface area (Å²) in [5.41, 5.74) is 15.1. The van der Waals surface area contributed by atoms with Crippen LogP contribution in [0.1, 0.15) is 36.1 Å². The van der Waals surface area contributed by atoms with Crippen LogP contribution in [0.25, 0.3) is 77.2 Å². The summed E-state index contributed by atoms with van der Waals surface area (Å²) >= 11 is 0. The number of hydrogen-bond acceptors (Lipinski definition) is 2. The molecular weight excluding hydrogens is 621 g/mol. The lowest BCUT2D eigenvalue weighted by molar-refractivity contribution is 0.661. The van der Waals surface area contributed by atoms with Crippen molar-refractivity contribution in [3.63, 3.8) is 0 Å². The molecule has 0 bridgehead atoms. The number of aromatic nitrogens is 2. The van der Waals surface area contributed by atoms with Crippen LogP contribution in [0.3, 0.4) is 0 Å². The van der Waals surface area contributed by atoms with E-state index < -0.39 is 0 Å². The summed E-state index contributed by atoms with van der Waals surface area (Å²) in [5.74, 6) is 0. The second-order valence-corrected chi connectivity index (χ2v) is 14.1. The Morgan fingerprint density at radius 2 is 0.980 bits per heavy atom. The molecule has 7 aromatic carbocycles. The average molecular weight is 651 g/mol. The van der Waals surface area contributed by atoms with E-state index in [0.717, 1.165) is 66.1 Å². The molecule has 0 spiro atoms. The van der Waals surface area contributed by atoms with Gasteiger partial charge < -0.3 is 9.13 Å². The number of fused-ring (bicyclic) bond motifs is 9. The third-order valence-corrected chi connectivity index (χ3v) is 10.9. The van der Waals surface area contributed by atoms with Crippen LogP contribution >= 0.6 is 0 Å². The van der Waals surface area contributed by atoms with Crippen molar-refractivity contribution in [2.45, 2.75) is 19.3 Å². The highest BCUT2D eigenvalue weighted by Gasteiger charge is 2.36. The lowest BCUT2D eigenvalue weighted by Gasteiger charge is -2.21. The fourth-order valence-electron chi connectivity index (χ4n) is 8.53. The number of para-hydroxylation sites is 1. The molecule has 1 aliphatic carbocycles. The highest BCUT2D eigenvalue weighted by molar-refractivity contribution is 6.12. The zero-order valence-electron chi connectivity index (χ0n) is 28.1. The molecule has 0 atom stereocenters. The zero-order chi connectivity index (χ0) is 34.4. The Bertz CT molecular complexity index is 3030. The Balaban J connectivity index is 1.17. The van der Waals surface area contributed by atoms with Crippen molar-refractivity contribution < 1.29 is 0 Å². The van der Waals surface area contributed by atoms with Gasteiger partial charge in [0, 0.05) is 38.3 Å². The Kier molecular flexibility index (Phi) is 6.02. The van der Waals surface area contributed by atoms with Gasteiger partial charge in [-0.3, -0.25) is 0 Å². The van der Waals surface area contributed by atoms with E-state index in [-0.39, 0.29) is 5.41 Å². The second-order valence-electron chi connectivity index (χ2n) is 14.1. The predicted octanol–water partition coefficient (Wildman–Crippen LogP) is 11.6. The molecule has 0 radical (unpaired) electrons. The highest BCUT2D eigenvalue weighted by Crippen LogP contribution is 2.51. The van der Waals surface area contributed by atoms with Crippen molar-refractivity contribution in [2.24, 2.45) is 0 Å². The first-order valence-electron chi connectivity index (χ1n) is 17.2. The molecule has 4 heteroatoms. The van der Waals surface area contributed by atoms with Crippen molar-refractivity contribution in [3.05, 3.63) is 168 Å². The number of hydrogen-bond donors (Lipinski definition) is 0. The molecule has 1 aliphatic rings. The maximum absolute atomic E-state index is 9.87. The molecular formula is C47H30N4. The Morgan fingerprint density at radius 1 is 0.431 bits per heavy atom. The summed E-state index contributed by atoms with van der Waals surface area (Å²) in [6.45, 7) is 4.62. The van der Waals surface area contributed by atoms with E-state index in [1.165, 1.54) is 22.3 Å². The van der Waals surface area contributed by atoms with Crippen molar-refractivity contribution in [2.75, 3.05) is 0 Å². The molecule has 0 aliphatic heterocycles. The van der Waals surface area contributed by atoms with Gasteiger partial charge in [0.15, 0.2) is 0 Å². The van der Waals surface area contributed by atoms with Crippen LogP contribution < -0.4 is 0 Å². The molecule has 0 unspecified atom stereocenters. The highest BCUT2D eigenvalue weighted by atomic mass is 15.0. The molecule has 0 fully saturated rings. The van der Waals surface area contributed by atoms with Gasteiger partial charge in [-0.1, -0.05) is 80.6 Å². The van der Waals surface area contributed by atoms with Crippen LogP contribution in [0.4, 0.5) is 0 Å². The van der Waals surface area contributed by atoms with Crippen LogP contribution in [0, 0.1) is 22.7 Å². The minimum atomic E-state index is -0.124. The third kappa shape index (κ3) is 4.11. The molecule has 0 amide bonds. The van der Waals surface area contributed by atoms with E-state index >= 15 is 0 Å². The van der Waals surface area contributed by atoms with Gasteiger partial charge in [-0.25, -0.2) is 0 Å². The zero-order valence-corrected chi connectivity index (χ0v) is 28.1. The van der Waals surface area contributed by atoms with Crippen molar-refractivity contribution in [1.29, 1.82) is 10.5 Å². The Morgan fingerprint density at radius 3 is 1.65 bits per heavy atom. The van der Waals surface area contributed by atoms with E-state index in [9.17, 15) is 10.5 Å². The number of rotatable bonds is 3. The SMILES string of the molecule is CC1(C)c2ccccc2-c2cc3c(cc21)c1cc(C#N)ccc1n3-c1cccc(-c2cccc(-n3c4ccccc4c4cc(C#N)ccc43)c2)c1. The lowest BCUT2D eigenvalue weighted by Crippen LogP contribution is -2.14. The maximum atomic E-state index is 9.87. The first-order chi connectivity index (χ1) is 24.9. The Hall–Kier alpha value is -6.88. The normalized spacial score (nSPS) is 13.0. The van der Waals surface area contributed by atoms with Crippen LogP contribution in [0.2, 0.25) is 0 Å². The number of nitriles is 2. The van der Waals surface area contributed by atoms with Gasteiger partial charge in [0.2, 0.25) is 0 Å². The van der Waals surface area contributed by atoms with Crippen molar-refractivity contribution in [1.82, 2.24) is 9.13 Å². The van der Waals surface area contributed by atoms with Crippen LogP contribution in [-0.4, -0.2) is 9.13 Å². The topological polar surface area (TPSA) is 57.4 Å². The predicted molar refractivity (Wildman–Crippen MR) is 208 cm³/mol. The summed E-state index contributed by atoms with van der Waals surface area (Å²) in [4.78, 5) is 0. The minimum Gasteiger partial charge on any atom is -0.309 e. The monoisotopic (exact) mass is 650 g/mol. The lowest BCUT2D eigenvalue weighted by atomic mass is 9.82. The third-order valence-electron chi connectivity index (χ3n) is 10.9. The van der Waals surface area contributed by atoms with Crippen molar-refractivity contribution in [3.8, 4) is 45.8 Å². The second kappa shape index (κ2) is 10.6. The summed E-state index contributed by atoms with van der Waals surface area (Å²) < 4.78 is 4.64. The molecule has 0 N–H and O–H groups in total. The molecule has 0 saturated carbocycles. The molecule has 4 nitrogen and oxygen atoms in total. The van der Waals surface area contributed by atoms with Crippen LogP contribution in [-0.2, 0) is 5.41 Å². The summed E-state index contributed by atoms with van der Waals surface area (Å²) in [6.07, 6.45) is 0. The van der Waals surface area contributed by atoms with Crippen LogP contribution in [0.15, 0.2) is 146 Å². The smallest absolute Gasteiger partial charge is 0.0991 e. The standard InChI is InChI=1S/C47H30N4/c1-47(2)41-15-5-3-13-35(41)37-26-46-40(25-42(37)47)39-22-30(28-49)18-20-45(39)51(46)34-12-8-10-32(24-34)31-9-7-11-33(23-31)50-43-16-6-4-14-36(43)38-21-29(27-48)17-19-44(38)50/h3-26H,1-2H3. The van der Waals surface area contributed by atoms with E-state index in [1.54, 1.807) is 0 Å². The summed E-state index contributed by atoms with van der Waals surface area (Å²) in [5, 5.41) is 23.9. The summed E-state index contributed by atoms with van der Waals surface area (Å²) in [7, 11) is 0. The van der Waals surface area contributed by atoms with Crippen LogP contribution in [0.5, 0.6) is 0 Å². The van der Waals surface area contributed by atoms with Gasteiger partial charge in [0.25, 0.3) is 0 Å². The molecule has 51 heavy (non-hydrogen) atoms. The molecule has 2 aromatic heterocycles. The Labute approximate surface area is 295 Å². The minimum absolute atomic E-state index is 0.124. The van der Waals surface area contributed by atoms with Gasteiger partial charge in [-0.05, 0) is 112 Å². The summed E-state index contributed by atoms with van der Waals surface area (Å²) in [6, 6.07) is 55.9. The van der Waals surface area contributed by atoms with Gasteiger partial charge in [-0.15, -0.1) is 0 Å². The number of benzene rings is 7. The van der Waals surface area contributed by atoms with Crippen molar-refractivity contribution >= 4 is 43.6 Å². The molecule has 0 saturated heterocycles. The fourth-order valence-corrected chi connectivity index (χ4v) is 8.53. The maximum Gasteiger partial charge on any atom is 0.0991 e. The fraction of sp³-hybridized carbons (Fsp3) is 0.0638. The van der Waals surface area contributed by atoms with E-state index in [4.69, 9.17) is 0 Å². The largest absolute Gasteiger partial charge is 0.309 e. The van der Waals surface area contributed by atoms with Gasteiger partial charge in [0.05, 0.1) is 45.3 Å².